The summed E-state index contributed by atoms with van der Waals surface area (Å²) in [7, 11) is 0. The Kier molecular flexibility index (Phi) is 6.81. The lowest BCUT2D eigenvalue weighted by Gasteiger charge is -2.42. The highest BCUT2D eigenvalue weighted by Gasteiger charge is 2.29. The van der Waals surface area contributed by atoms with Crippen LogP contribution < -0.4 is 5.32 Å². The van der Waals surface area contributed by atoms with E-state index in [1.807, 2.05) is 17.8 Å². The predicted molar refractivity (Wildman–Crippen MR) is 94.9 cm³/mol. The van der Waals surface area contributed by atoms with Crippen LogP contribution in [0, 0.1) is 5.92 Å². The fourth-order valence-electron chi connectivity index (χ4n) is 3.00. The summed E-state index contributed by atoms with van der Waals surface area (Å²) in [6.45, 7) is 11.8. The number of nitrogens with zero attached hydrogens (tertiary/aromatic N) is 1. The third-order valence-corrected chi connectivity index (χ3v) is 5.13. The van der Waals surface area contributed by atoms with Crippen molar-refractivity contribution in [3.05, 3.63) is 48.6 Å². The third-order valence-electron chi connectivity index (χ3n) is 4.19. The van der Waals surface area contributed by atoms with E-state index < -0.39 is 0 Å². The average Bonchev–Trinajstić information content (AvgIpc) is 2.52. The second-order valence-corrected chi connectivity index (χ2v) is 7.19. The monoisotopic (exact) mass is 304 g/mol. The average molecular weight is 305 g/mol. The van der Waals surface area contributed by atoms with Crippen molar-refractivity contribution in [1.82, 2.24) is 10.2 Å². The Bertz CT molecular complexity index is 418. The van der Waals surface area contributed by atoms with E-state index in [0.717, 1.165) is 18.8 Å². The Balaban J connectivity index is 1.96. The van der Waals surface area contributed by atoms with E-state index in [1.165, 1.54) is 17.9 Å². The van der Waals surface area contributed by atoms with Crippen LogP contribution in [0.15, 0.2) is 43.0 Å². The van der Waals surface area contributed by atoms with Gasteiger partial charge in [0.05, 0.1) is 0 Å². The number of rotatable bonds is 7. The van der Waals surface area contributed by atoms with Crippen LogP contribution in [0.3, 0.4) is 0 Å². The molecule has 0 bridgehead atoms. The van der Waals surface area contributed by atoms with Crippen LogP contribution in [0.5, 0.6) is 0 Å². The van der Waals surface area contributed by atoms with Gasteiger partial charge in [0.2, 0.25) is 0 Å². The number of nitrogens with one attached hydrogen (secondary N) is 1. The molecule has 0 radical (unpaired) electrons. The first-order chi connectivity index (χ1) is 10.2. The lowest BCUT2D eigenvalue weighted by molar-refractivity contribution is 0.106. The van der Waals surface area contributed by atoms with Crippen molar-refractivity contribution in [3.63, 3.8) is 0 Å². The number of hydrogen-bond donors (Lipinski definition) is 1. The molecule has 21 heavy (non-hydrogen) atoms. The minimum atomic E-state index is 0.464. The fraction of sp³-hybridized carbons (Fsp3) is 0.556. The molecule has 1 saturated heterocycles. The fourth-order valence-corrected chi connectivity index (χ4v) is 3.70. The molecule has 2 rings (SSSR count). The molecule has 1 fully saturated rings. The molecule has 0 aliphatic carbocycles. The normalized spacial score (nSPS) is 23.4. The van der Waals surface area contributed by atoms with Gasteiger partial charge < -0.3 is 5.32 Å². The summed E-state index contributed by atoms with van der Waals surface area (Å²) in [6.07, 6.45) is 2.00. The minimum Gasteiger partial charge on any atom is -0.307 e. The molecule has 1 aromatic carbocycles. The molecule has 0 spiro atoms. The molecule has 0 amide bonds. The summed E-state index contributed by atoms with van der Waals surface area (Å²) in [5, 5.41) is 3.73. The molecule has 2 nitrogen and oxygen atoms in total. The van der Waals surface area contributed by atoms with Gasteiger partial charge in [-0.2, -0.15) is 11.8 Å². The molecule has 1 aliphatic heterocycles. The van der Waals surface area contributed by atoms with E-state index in [1.54, 1.807) is 0 Å². The maximum atomic E-state index is 3.80. The molecular formula is C18H28N2S. The van der Waals surface area contributed by atoms with E-state index >= 15 is 0 Å². The number of hydrogen-bond acceptors (Lipinski definition) is 3. The second kappa shape index (κ2) is 8.62. The van der Waals surface area contributed by atoms with Gasteiger partial charge in [0.15, 0.2) is 0 Å². The zero-order chi connectivity index (χ0) is 15.1. The van der Waals surface area contributed by atoms with E-state index in [9.17, 15) is 0 Å². The van der Waals surface area contributed by atoms with Crippen molar-refractivity contribution in [1.29, 1.82) is 0 Å². The summed E-state index contributed by atoms with van der Waals surface area (Å²) in [5.41, 5.74) is 1.41. The van der Waals surface area contributed by atoms with E-state index in [2.05, 4.69) is 61.0 Å². The van der Waals surface area contributed by atoms with Crippen LogP contribution >= 0.6 is 11.8 Å². The van der Waals surface area contributed by atoms with Crippen LogP contribution in [0.4, 0.5) is 0 Å². The summed E-state index contributed by atoms with van der Waals surface area (Å²) in [6, 6.07) is 11.9. The molecule has 2 unspecified atom stereocenters. The van der Waals surface area contributed by atoms with Crippen LogP contribution in [0.2, 0.25) is 0 Å². The van der Waals surface area contributed by atoms with Crippen LogP contribution in [-0.4, -0.2) is 42.1 Å². The Hall–Kier alpha value is -0.770. The van der Waals surface area contributed by atoms with Gasteiger partial charge in [0.1, 0.15) is 0 Å². The Morgan fingerprint density at radius 1 is 1.38 bits per heavy atom. The predicted octanol–water partition coefficient (Wildman–Crippen LogP) is 3.58. The van der Waals surface area contributed by atoms with Gasteiger partial charge in [-0.3, -0.25) is 4.90 Å². The molecule has 116 valence electrons. The number of piperazine rings is 1. The van der Waals surface area contributed by atoms with Crippen molar-refractivity contribution in [2.75, 3.05) is 31.1 Å². The highest BCUT2D eigenvalue weighted by atomic mass is 32.2. The largest absolute Gasteiger partial charge is 0.307 e. The third kappa shape index (κ3) is 4.87. The molecule has 2 atom stereocenters. The number of thioether (sulfide) groups is 1. The highest BCUT2D eigenvalue weighted by molar-refractivity contribution is 7.99. The van der Waals surface area contributed by atoms with Crippen LogP contribution in [-0.2, 0) is 0 Å². The summed E-state index contributed by atoms with van der Waals surface area (Å²) in [4.78, 5) is 2.68. The minimum absolute atomic E-state index is 0.464. The van der Waals surface area contributed by atoms with Gasteiger partial charge in [-0.05, 0) is 11.5 Å². The molecule has 1 aromatic rings. The maximum Gasteiger partial charge on any atom is 0.0449 e. The lowest BCUT2D eigenvalue weighted by atomic mass is 9.96. The molecule has 0 saturated carbocycles. The first kappa shape index (κ1) is 16.6. The smallest absolute Gasteiger partial charge is 0.0449 e. The van der Waals surface area contributed by atoms with Gasteiger partial charge in [-0.15, -0.1) is 6.58 Å². The Morgan fingerprint density at radius 2 is 2.14 bits per heavy atom. The number of benzene rings is 1. The van der Waals surface area contributed by atoms with E-state index in [4.69, 9.17) is 0 Å². The standard InChI is InChI=1S/C18H28N2S/c1-4-11-21-12-10-20-14-17(16-8-6-5-7-9-16)19-13-18(20)15(2)3/h4-9,15,17-19H,1,10-14H2,2-3H3. The van der Waals surface area contributed by atoms with Crippen molar-refractivity contribution < 1.29 is 0 Å². The molecule has 1 aliphatic rings. The zero-order valence-electron chi connectivity index (χ0n) is 13.3. The topological polar surface area (TPSA) is 15.3 Å². The lowest BCUT2D eigenvalue weighted by Crippen LogP contribution is -2.55. The van der Waals surface area contributed by atoms with Gasteiger partial charge in [-0.1, -0.05) is 50.3 Å². The molecule has 0 aromatic heterocycles. The van der Waals surface area contributed by atoms with Crippen LogP contribution in [0.1, 0.15) is 25.5 Å². The van der Waals surface area contributed by atoms with E-state index in [-0.39, 0.29) is 0 Å². The summed E-state index contributed by atoms with van der Waals surface area (Å²) in [5.74, 6) is 2.94. The van der Waals surface area contributed by atoms with Crippen molar-refractivity contribution in [3.8, 4) is 0 Å². The zero-order valence-corrected chi connectivity index (χ0v) is 14.1. The highest BCUT2D eigenvalue weighted by Crippen LogP contribution is 2.23. The van der Waals surface area contributed by atoms with Crippen molar-refractivity contribution in [2.45, 2.75) is 25.9 Å². The van der Waals surface area contributed by atoms with Crippen molar-refractivity contribution >= 4 is 11.8 Å². The SMILES string of the molecule is C=CCSCCN1CC(c2ccccc2)NCC1C(C)C. The molecular weight excluding hydrogens is 276 g/mol. The van der Waals surface area contributed by atoms with Gasteiger partial charge >= 0.3 is 0 Å². The Labute approximate surface area is 134 Å². The maximum absolute atomic E-state index is 3.80. The summed E-state index contributed by atoms with van der Waals surface area (Å²) >= 11 is 1.98. The second-order valence-electron chi connectivity index (χ2n) is 6.04. The quantitative estimate of drug-likeness (QED) is 0.612. The van der Waals surface area contributed by atoms with Gasteiger partial charge in [0.25, 0.3) is 0 Å². The Morgan fingerprint density at radius 3 is 2.81 bits per heavy atom. The first-order valence-electron chi connectivity index (χ1n) is 7.93. The first-order valence-corrected chi connectivity index (χ1v) is 9.09. The van der Waals surface area contributed by atoms with Gasteiger partial charge in [0, 0.05) is 43.2 Å². The van der Waals surface area contributed by atoms with Crippen molar-refractivity contribution in [2.24, 2.45) is 5.92 Å². The van der Waals surface area contributed by atoms with Gasteiger partial charge in [-0.25, -0.2) is 0 Å². The van der Waals surface area contributed by atoms with Crippen LogP contribution in [0.25, 0.3) is 0 Å². The molecule has 3 heteroatoms. The summed E-state index contributed by atoms with van der Waals surface area (Å²) < 4.78 is 0. The van der Waals surface area contributed by atoms with E-state index in [0.29, 0.717) is 18.0 Å². The molecule has 1 heterocycles. The molecule has 1 N–H and O–H groups in total.